The number of nitrogens with zero attached hydrogens (tertiary/aromatic N) is 1. The van der Waals surface area contributed by atoms with Crippen molar-refractivity contribution < 1.29 is 4.74 Å². The van der Waals surface area contributed by atoms with Gasteiger partial charge in [0.25, 0.3) is 0 Å². The van der Waals surface area contributed by atoms with Crippen molar-refractivity contribution in [2.45, 2.75) is 51.2 Å². The fraction of sp³-hybridized carbons (Fsp3) is 0.625. The third kappa shape index (κ3) is 3.12. The molecule has 0 bridgehead atoms. The summed E-state index contributed by atoms with van der Waals surface area (Å²) in [7, 11) is 1.81. The molecule has 0 spiro atoms. The Balaban J connectivity index is 2.13. The fourth-order valence-electron chi connectivity index (χ4n) is 3.05. The second-order valence-corrected chi connectivity index (χ2v) is 5.93. The van der Waals surface area contributed by atoms with E-state index in [2.05, 4.69) is 49.1 Å². The average molecular weight is 247 g/mol. The molecule has 2 nitrogen and oxygen atoms in total. The first kappa shape index (κ1) is 13.6. The highest BCUT2D eigenvalue weighted by atomic mass is 16.5. The summed E-state index contributed by atoms with van der Waals surface area (Å²) in [5, 5.41) is 0. The maximum Gasteiger partial charge on any atom is 0.0618 e. The molecule has 1 heterocycles. The van der Waals surface area contributed by atoms with Crippen molar-refractivity contribution in [3.8, 4) is 0 Å². The normalized spacial score (nSPS) is 24.1. The van der Waals surface area contributed by atoms with Gasteiger partial charge in [0.05, 0.1) is 6.61 Å². The molecule has 2 heteroatoms. The van der Waals surface area contributed by atoms with Gasteiger partial charge in [0.1, 0.15) is 0 Å². The quantitative estimate of drug-likeness (QED) is 0.808. The first-order valence-corrected chi connectivity index (χ1v) is 6.93. The Kier molecular flexibility index (Phi) is 4.41. The highest BCUT2D eigenvalue weighted by Gasteiger charge is 2.35. The number of rotatable bonds is 4. The molecular formula is C16H25NO. The predicted octanol–water partition coefficient (Wildman–Crippen LogP) is 3.47. The minimum absolute atomic E-state index is 0.275. The van der Waals surface area contributed by atoms with Crippen LogP contribution in [-0.4, -0.2) is 30.2 Å². The van der Waals surface area contributed by atoms with E-state index in [0.717, 1.165) is 13.2 Å². The molecule has 0 unspecified atom stereocenters. The van der Waals surface area contributed by atoms with Gasteiger partial charge in [-0.15, -0.1) is 0 Å². The second-order valence-electron chi connectivity index (χ2n) is 5.93. The van der Waals surface area contributed by atoms with Crippen LogP contribution in [-0.2, 0) is 11.3 Å². The van der Waals surface area contributed by atoms with Crippen molar-refractivity contribution in [1.29, 1.82) is 0 Å². The number of benzene rings is 1. The van der Waals surface area contributed by atoms with Crippen molar-refractivity contribution in [1.82, 2.24) is 4.90 Å². The molecule has 1 saturated heterocycles. The molecule has 0 aromatic heterocycles. The molecule has 0 aliphatic carbocycles. The van der Waals surface area contributed by atoms with Crippen LogP contribution in [0, 0.1) is 0 Å². The Morgan fingerprint density at radius 2 is 2.00 bits per heavy atom. The minimum atomic E-state index is 0.275. The van der Waals surface area contributed by atoms with Gasteiger partial charge >= 0.3 is 0 Å². The summed E-state index contributed by atoms with van der Waals surface area (Å²) in [6, 6.07) is 11.3. The van der Waals surface area contributed by atoms with Crippen LogP contribution in [0.1, 0.15) is 38.7 Å². The monoisotopic (exact) mass is 247 g/mol. The average Bonchev–Trinajstić information content (AvgIpc) is 2.35. The van der Waals surface area contributed by atoms with E-state index in [9.17, 15) is 0 Å². The van der Waals surface area contributed by atoms with Crippen LogP contribution in [0.15, 0.2) is 30.3 Å². The summed E-state index contributed by atoms with van der Waals surface area (Å²) in [6.07, 6.45) is 3.84. The van der Waals surface area contributed by atoms with Crippen LogP contribution in [0.4, 0.5) is 0 Å². The smallest absolute Gasteiger partial charge is 0.0618 e. The molecule has 2 rings (SSSR count). The van der Waals surface area contributed by atoms with Crippen LogP contribution in [0.5, 0.6) is 0 Å². The van der Waals surface area contributed by atoms with E-state index in [4.69, 9.17) is 4.74 Å². The van der Waals surface area contributed by atoms with Gasteiger partial charge in [-0.2, -0.15) is 0 Å². The van der Waals surface area contributed by atoms with E-state index in [1.165, 1.54) is 24.8 Å². The summed E-state index contributed by atoms with van der Waals surface area (Å²) >= 11 is 0. The first-order valence-electron chi connectivity index (χ1n) is 6.93. The molecule has 1 aliphatic rings. The minimum Gasteiger partial charge on any atom is -0.383 e. The lowest BCUT2D eigenvalue weighted by Gasteiger charge is -2.47. The lowest BCUT2D eigenvalue weighted by atomic mass is 9.86. The molecule has 18 heavy (non-hydrogen) atoms. The Bertz CT molecular complexity index is 359. The van der Waals surface area contributed by atoms with Crippen molar-refractivity contribution in [2.75, 3.05) is 13.7 Å². The Morgan fingerprint density at radius 1 is 1.28 bits per heavy atom. The van der Waals surface area contributed by atoms with Crippen molar-refractivity contribution in [2.24, 2.45) is 0 Å². The van der Waals surface area contributed by atoms with E-state index < -0.39 is 0 Å². The zero-order chi connectivity index (χ0) is 13.0. The van der Waals surface area contributed by atoms with E-state index in [-0.39, 0.29) is 5.54 Å². The molecule has 1 atom stereocenters. The highest BCUT2D eigenvalue weighted by Crippen LogP contribution is 2.33. The second kappa shape index (κ2) is 5.85. The number of ether oxygens (including phenoxy) is 1. The molecular weight excluding hydrogens is 222 g/mol. The van der Waals surface area contributed by atoms with Gasteiger partial charge in [0.15, 0.2) is 0 Å². The third-order valence-electron chi connectivity index (χ3n) is 4.10. The molecule has 0 saturated carbocycles. The van der Waals surface area contributed by atoms with Crippen LogP contribution >= 0.6 is 0 Å². The Hall–Kier alpha value is -0.860. The van der Waals surface area contributed by atoms with Crippen molar-refractivity contribution >= 4 is 0 Å². The van der Waals surface area contributed by atoms with E-state index in [0.29, 0.717) is 6.04 Å². The van der Waals surface area contributed by atoms with Gasteiger partial charge in [0, 0.05) is 25.2 Å². The summed E-state index contributed by atoms with van der Waals surface area (Å²) < 4.78 is 5.40. The first-order chi connectivity index (χ1) is 8.63. The molecule has 0 radical (unpaired) electrons. The van der Waals surface area contributed by atoms with Crippen LogP contribution < -0.4 is 0 Å². The Morgan fingerprint density at radius 3 is 2.67 bits per heavy atom. The zero-order valence-corrected chi connectivity index (χ0v) is 11.9. The topological polar surface area (TPSA) is 12.5 Å². The van der Waals surface area contributed by atoms with Gasteiger partial charge in [0.2, 0.25) is 0 Å². The third-order valence-corrected chi connectivity index (χ3v) is 4.10. The number of hydrogen-bond donors (Lipinski definition) is 0. The van der Waals surface area contributed by atoms with E-state index >= 15 is 0 Å². The van der Waals surface area contributed by atoms with Crippen LogP contribution in [0.2, 0.25) is 0 Å². The fourth-order valence-corrected chi connectivity index (χ4v) is 3.05. The molecule has 1 aliphatic heterocycles. The van der Waals surface area contributed by atoms with Crippen molar-refractivity contribution in [3.05, 3.63) is 35.9 Å². The Labute approximate surface area is 111 Å². The molecule has 0 N–H and O–H groups in total. The number of likely N-dealkylation sites (tertiary alicyclic amines) is 1. The summed E-state index contributed by atoms with van der Waals surface area (Å²) in [5.74, 6) is 0. The lowest BCUT2D eigenvalue weighted by molar-refractivity contribution is -0.0191. The number of methoxy groups -OCH3 is 1. The number of hydrogen-bond acceptors (Lipinski definition) is 2. The SMILES string of the molecule is COC[C@H]1CCCC(C)(C)N1Cc1ccccc1. The van der Waals surface area contributed by atoms with Crippen LogP contribution in [0.3, 0.4) is 0 Å². The zero-order valence-electron chi connectivity index (χ0n) is 11.9. The van der Waals surface area contributed by atoms with E-state index in [1.54, 1.807) is 0 Å². The maximum atomic E-state index is 5.40. The van der Waals surface area contributed by atoms with Gasteiger partial charge in [-0.25, -0.2) is 0 Å². The van der Waals surface area contributed by atoms with Gasteiger partial charge in [-0.1, -0.05) is 30.3 Å². The molecule has 1 aromatic carbocycles. The number of piperidine rings is 1. The molecule has 1 aromatic rings. The van der Waals surface area contributed by atoms with Gasteiger partial charge < -0.3 is 4.74 Å². The van der Waals surface area contributed by atoms with Gasteiger partial charge in [-0.3, -0.25) is 4.90 Å². The summed E-state index contributed by atoms with van der Waals surface area (Å²) in [5.41, 5.74) is 1.67. The standard InChI is InChI=1S/C16H25NO/c1-16(2)11-7-10-15(13-18-3)17(16)12-14-8-5-4-6-9-14/h4-6,8-9,15H,7,10-13H2,1-3H3/t15-/m1/s1. The predicted molar refractivity (Wildman–Crippen MR) is 75.6 cm³/mol. The lowest BCUT2D eigenvalue weighted by Crippen LogP contribution is -2.54. The van der Waals surface area contributed by atoms with Crippen molar-refractivity contribution in [3.63, 3.8) is 0 Å². The molecule has 100 valence electrons. The summed E-state index contributed by atoms with van der Waals surface area (Å²) in [4.78, 5) is 2.62. The molecule has 1 fully saturated rings. The largest absolute Gasteiger partial charge is 0.383 e. The highest BCUT2D eigenvalue weighted by molar-refractivity contribution is 5.15. The van der Waals surface area contributed by atoms with Crippen LogP contribution in [0.25, 0.3) is 0 Å². The van der Waals surface area contributed by atoms with E-state index in [1.807, 2.05) is 7.11 Å². The van der Waals surface area contributed by atoms with Gasteiger partial charge in [-0.05, 0) is 38.7 Å². The summed E-state index contributed by atoms with van der Waals surface area (Å²) in [6.45, 7) is 6.59. The molecule has 0 amide bonds. The maximum absolute atomic E-state index is 5.40.